The van der Waals surface area contributed by atoms with Crippen LogP contribution in [-0.2, 0) is 21.4 Å². The summed E-state index contributed by atoms with van der Waals surface area (Å²) in [6, 6.07) is 11.8. The minimum atomic E-state index is -3.69. The molecule has 4 aromatic rings. The summed E-state index contributed by atoms with van der Waals surface area (Å²) in [5, 5.41) is 5.70. The van der Waals surface area contributed by atoms with Crippen LogP contribution in [0.2, 0.25) is 5.02 Å². The molecule has 0 aliphatic carbocycles. The molecule has 0 aliphatic rings. The molecule has 8 nitrogen and oxygen atoms in total. The van der Waals surface area contributed by atoms with Crippen LogP contribution in [0.4, 0.5) is 0 Å². The van der Waals surface area contributed by atoms with E-state index in [0.717, 1.165) is 20.2 Å². The third-order valence-electron chi connectivity index (χ3n) is 4.54. The molecular formula is C20H18ClN3O5S2. The molecule has 0 aliphatic heterocycles. The van der Waals surface area contributed by atoms with Gasteiger partial charge in [-0.1, -0.05) is 23.7 Å². The van der Waals surface area contributed by atoms with Crippen LogP contribution in [0.1, 0.15) is 21.1 Å². The average Bonchev–Trinajstić information content (AvgIpc) is 3.43. The van der Waals surface area contributed by atoms with E-state index in [9.17, 15) is 13.2 Å². The lowest BCUT2D eigenvalue weighted by Gasteiger charge is -2.07. The maximum absolute atomic E-state index is 12.6. The van der Waals surface area contributed by atoms with E-state index in [1.165, 1.54) is 37.6 Å². The smallest absolute Gasteiger partial charge is 0.348 e. The molecule has 11 heteroatoms. The molecule has 1 aromatic carbocycles. The van der Waals surface area contributed by atoms with Crippen molar-refractivity contribution >= 4 is 49.1 Å². The predicted octanol–water partition coefficient (Wildman–Crippen LogP) is 4.25. The average molecular weight is 480 g/mol. The van der Waals surface area contributed by atoms with Crippen LogP contribution in [-0.4, -0.2) is 42.6 Å². The van der Waals surface area contributed by atoms with Gasteiger partial charge in [0.1, 0.15) is 22.1 Å². The van der Waals surface area contributed by atoms with Crippen molar-refractivity contribution in [3.8, 4) is 5.69 Å². The third kappa shape index (κ3) is 3.99. The van der Waals surface area contributed by atoms with Crippen molar-refractivity contribution in [1.29, 1.82) is 0 Å². The van der Waals surface area contributed by atoms with Crippen LogP contribution in [0.25, 0.3) is 15.9 Å². The van der Waals surface area contributed by atoms with Gasteiger partial charge in [0.05, 0.1) is 16.4 Å². The van der Waals surface area contributed by atoms with E-state index in [1.54, 1.807) is 16.8 Å². The number of benzene rings is 1. The number of nitrogens with zero attached hydrogens (tertiary/aromatic N) is 3. The highest BCUT2D eigenvalue weighted by Gasteiger charge is 2.23. The summed E-state index contributed by atoms with van der Waals surface area (Å²) < 4.78 is 37.6. The zero-order chi connectivity index (χ0) is 22.3. The number of carbonyl (C=O) groups excluding carboxylic acids is 1. The molecule has 0 unspecified atom stereocenters. The van der Waals surface area contributed by atoms with Crippen molar-refractivity contribution in [2.24, 2.45) is 0 Å². The van der Waals surface area contributed by atoms with Crippen molar-refractivity contribution in [2.75, 3.05) is 14.1 Å². The highest BCUT2D eigenvalue weighted by molar-refractivity contribution is 7.88. The SMILES string of the molecule is Cc1nn(-c2ccccc2Cl)c2sc(C(=O)OCc3ccc(S(=O)(=O)N(C)C)o3)cc12. The van der Waals surface area contributed by atoms with E-state index in [4.69, 9.17) is 20.8 Å². The fourth-order valence-corrected chi connectivity index (χ4v) is 4.99. The first-order valence-electron chi connectivity index (χ1n) is 9.11. The van der Waals surface area contributed by atoms with E-state index in [-0.39, 0.29) is 17.5 Å². The zero-order valence-corrected chi connectivity index (χ0v) is 19.2. The Morgan fingerprint density at radius 2 is 2.00 bits per heavy atom. The molecule has 4 rings (SSSR count). The number of sulfonamides is 1. The van der Waals surface area contributed by atoms with Crippen LogP contribution in [0.5, 0.6) is 0 Å². The van der Waals surface area contributed by atoms with Crippen molar-refractivity contribution in [3.05, 3.63) is 63.8 Å². The Kier molecular flexibility index (Phi) is 5.65. The molecule has 3 aromatic heterocycles. The third-order valence-corrected chi connectivity index (χ3v) is 7.64. The molecule has 162 valence electrons. The number of rotatable bonds is 6. The molecule has 31 heavy (non-hydrogen) atoms. The summed E-state index contributed by atoms with van der Waals surface area (Å²) in [7, 11) is -0.873. The first kappa shape index (κ1) is 21.6. The zero-order valence-electron chi connectivity index (χ0n) is 16.8. The Hall–Kier alpha value is -2.66. The summed E-state index contributed by atoms with van der Waals surface area (Å²) in [4.78, 5) is 13.8. The van der Waals surface area contributed by atoms with Gasteiger partial charge in [-0.15, -0.1) is 11.3 Å². The lowest BCUT2D eigenvalue weighted by molar-refractivity contribution is 0.0446. The maximum Gasteiger partial charge on any atom is 0.348 e. The molecule has 3 heterocycles. The van der Waals surface area contributed by atoms with Crippen molar-refractivity contribution in [3.63, 3.8) is 0 Å². The number of aromatic nitrogens is 2. The van der Waals surface area contributed by atoms with E-state index < -0.39 is 16.0 Å². The standard InChI is InChI=1S/C20H18ClN3O5S2/c1-12-14-10-17(30-19(14)24(22-12)16-7-5-4-6-15(16)21)20(25)28-11-13-8-9-18(29-13)31(26,27)23(2)3/h4-10H,11H2,1-3H3. The van der Waals surface area contributed by atoms with Gasteiger partial charge in [0.15, 0.2) is 0 Å². The molecule has 0 spiro atoms. The summed E-state index contributed by atoms with van der Waals surface area (Å²) in [6.45, 7) is 1.67. The number of hydrogen-bond donors (Lipinski definition) is 0. The minimum Gasteiger partial charge on any atom is -0.453 e. The van der Waals surface area contributed by atoms with Gasteiger partial charge in [0.2, 0.25) is 5.09 Å². The Bertz CT molecular complexity index is 1380. The summed E-state index contributed by atoms with van der Waals surface area (Å²) in [5.41, 5.74) is 1.48. The summed E-state index contributed by atoms with van der Waals surface area (Å²) in [5.74, 6) is -0.312. The second kappa shape index (κ2) is 8.12. The van der Waals surface area contributed by atoms with Gasteiger partial charge >= 0.3 is 5.97 Å². The molecule has 0 radical (unpaired) electrons. The van der Waals surface area contributed by atoms with Crippen LogP contribution < -0.4 is 0 Å². The highest BCUT2D eigenvalue weighted by atomic mass is 35.5. The Morgan fingerprint density at radius 3 is 2.71 bits per heavy atom. The Labute approximate surface area is 187 Å². The number of para-hydroxylation sites is 1. The number of ether oxygens (including phenoxy) is 1. The molecule has 0 bridgehead atoms. The molecule has 0 atom stereocenters. The normalized spacial score (nSPS) is 12.0. The minimum absolute atomic E-state index is 0.189. The van der Waals surface area contributed by atoms with Gasteiger partial charge in [-0.3, -0.25) is 0 Å². The van der Waals surface area contributed by atoms with Crippen molar-refractivity contribution in [2.45, 2.75) is 18.6 Å². The van der Waals surface area contributed by atoms with E-state index >= 15 is 0 Å². The molecule has 0 fully saturated rings. The fraction of sp³-hybridized carbons (Fsp3) is 0.200. The largest absolute Gasteiger partial charge is 0.453 e. The van der Waals surface area contributed by atoms with Crippen molar-refractivity contribution in [1.82, 2.24) is 14.1 Å². The monoisotopic (exact) mass is 479 g/mol. The Morgan fingerprint density at radius 1 is 1.26 bits per heavy atom. The first-order valence-corrected chi connectivity index (χ1v) is 11.7. The lowest BCUT2D eigenvalue weighted by Crippen LogP contribution is -2.21. The maximum atomic E-state index is 12.6. The quantitative estimate of drug-likeness (QED) is 0.384. The molecule has 0 saturated carbocycles. The number of thiophene rings is 1. The first-order chi connectivity index (χ1) is 14.7. The van der Waals surface area contributed by atoms with Gasteiger partial charge in [0, 0.05) is 19.5 Å². The molecular weight excluding hydrogens is 462 g/mol. The van der Waals surface area contributed by atoms with E-state index in [1.807, 2.05) is 25.1 Å². The fourth-order valence-electron chi connectivity index (χ4n) is 2.90. The topological polar surface area (TPSA) is 94.6 Å². The van der Waals surface area contributed by atoms with Crippen LogP contribution in [0.3, 0.4) is 0 Å². The van der Waals surface area contributed by atoms with Gasteiger partial charge < -0.3 is 9.15 Å². The number of fused-ring (bicyclic) bond motifs is 1. The second-order valence-electron chi connectivity index (χ2n) is 6.86. The predicted molar refractivity (Wildman–Crippen MR) is 117 cm³/mol. The number of aryl methyl sites for hydroxylation is 1. The number of esters is 1. The molecule has 0 amide bonds. The van der Waals surface area contributed by atoms with Crippen molar-refractivity contribution < 1.29 is 22.4 Å². The van der Waals surface area contributed by atoms with E-state index in [2.05, 4.69) is 5.10 Å². The number of halogens is 1. The van der Waals surface area contributed by atoms with Crippen LogP contribution >= 0.6 is 22.9 Å². The molecule has 0 saturated heterocycles. The number of hydrogen-bond acceptors (Lipinski definition) is 7. The van der Waals surface area contributed by atoms with Gasteiger partial charge in [-0.2, -0.15) is 5.10 Å². The van der Waals surface area contributed by atoms with Crippen LogP contribution in [0, 0.1) is 6.92 Å². The van der Waals surface area contributed by atoms with Gasteiger partial charge in [-0.05, 0) is 37.3 Å². The lowest BCUT2D eigenvalue weighted by atomic mass is 10.3. The van der Waals surface area contributed by atoms with Gasteiger partial charge in [-0.25, -0.2) is 22.2 Å². The number of carbonyl (C=O) groups is 1. The highest BCUT2D eigenvalue weighted by Crippen LogP contribution is 2.33. The Balaban J connectivity index is 1.55. The summed E-state index contributed by atoms with van der Waals surface area (Å²) in [6.07, 6.45) is 0. The van der Waals surface area contributed by atoms with Gasteiger partial charge in [0.25, 0.3) is 10.0 Å². The summed E-state index contributed by atoms with van der Waals surface area (Å²) >= 11 is 7.54. The number of furan rings is 1. The van der Waals surface area contributed by atoms with E-state index in [0.29, 0.717) is 15.6 Å². The van der Waals surface area contributed by atoms with Crippen LogP contribution in [0.15, 0.2) is 52.0 Å². The second-order valence-corrected chi connectivity index (χ2v) is 10.4. The molecule has 0 N–H and O–H groups in total.